The van der Waals surface area contributed by atoms with Crippen molar-refractivity contribution in [3.63, 3.8) is 0 Å². The fraction of sp³-hybridized carbons (Fsp3) is 0.222. The number of hydrogen-bond donors (Lipinski definition) is 1. The lowest BCUT2D eigenvalue weighted by Gasteiger charge is -2.17. The first-order valence-electron chi connectivity index (χ1n) is 10.9. The van der Waals surface area contributed by atoms with E-state index in [0.717, 1.165) is 47.0 Å². The van der Waals surface area contributed by atoms with Crippen molar-refractivity contribution in [3.8, 4) is 17.3 Å². The van der Waals surface area contributed by atoms with Gasteiger partial charge in [0.1, 0.15) is 11.1 Å². The molecule has 0 saturated carbocycles. The molecule has 0 spiro atoms. The van der Waals surface area contributed by atoms with Crippen LogP contribution in [-0.4, -0.2) is 10.9 Å². The van der Waals surface area contributed by atoms with Crippen molar-refractivity contribution >= 4 is 33.1 Å². The van der Waals surface area contributed by atoms with Crippen molar-refractivity contribution in [1.29, 1.82) is 5.26 Å². The van der Waals surface area contributed by atoms with Crippen LogP contribution in [-0.2, 0) is 12.8 Å². The van der Waals surface area contributed by atoms with E-state index in [-0.39, 0.29) is 5.91 Å². The molecule has 4 nitrogen and oxygen atoms in total. The highest BCUT2D eigenvalue weighted by atomic mass is 32.1. The molecule has 0 radical (unpaired) electrons. The number of nitrogens with one attached hydrogen (secondary N) is 1. The smallest absolute Gasteiger partial charge is 0.257 e. The van der Waals surface area contributed by atoms with Gasteiger partial charge in [-0.2, -0.15) is 5.26 Å². The van der Waals surface area contributed by atoms with Crippen LogP contribution in [0.3, 0.4) is 0 Å². The van der Waals surface area contributed by atoms with Crippen LogP contribution in [0.15, 0.2) is 54.6 Å². The summed E-state index contributed by atoms with van der Waals surface area (Å²) in [6, 6.07) is 20.0. The summed E-state index contributed by atoms with van der Waals surface area (Å²) >= 11 is 1.55. The molecule has 2 aromatic heterocycles. The van der Waals surface area contributed by atoms with Crippen LogP contribution in [0.4, 0.5) is 5.00 Å². The number of carbonyl (C=O) groups excluding carboxylic acids is 1. The lowest BCUT2D eigenvalue weighted by atomic mass is 9.88. The lowest BCUT2D eigenvalue weighted by Crippen LogP contribution is -2.13. The minimum atomic E-state index is -0.208. The second-order valence-electron chi connectivity index (χ2n) is 8.56. The number of hydrogen-bond acceptors (Lipinski definition) is 4. The molecular weight excluding hydrogens is 414 g/mol. The van der Waals surface area contributed by atoms with Gasteiger partial charge in [-0.3, -0.25) is 4.79 Å². The maximum atomic E-state index is 13.5. The molecule has 1 N–H and O–H groups in total. The van der Waals surface area contributed by atoms with Crippen LogP contribution >= 0.6 is 11.3 Å². The van der Waals surface area contributed by atoms with E-state index >= 15 is 0 Å². The zero-order chi connectivity index (χ0) is 22.2. The molecule has 0 fully saturated rings. The van der Waals surface area contributed by atoms with E-state index in [1.807, 2.05) is 61.5 Å². The summed E-state index contributed by atoms with van der Waals surface area (Å²) < 4.78 is 0. The number of anilines is 1. The molecule has 5 rings (SSSR count). The second-order valence-corrected chi connectivity index (χ2v) is 9.67. The predicted octanol–water partition coefficient (Wildman–Crippen LogP) is 6.52. The van der Waals surface area contributed by atoms with Gasteiger partial charge in [0.05, 0.1) is 22.3 Å². The number of rotatable bonds is 3. The molecule has 2 heterocycles. The van der Waals surface area contributed by atoms with Crippen LogP contribution < -0.4 is 5.32 Å². The molecule has 2 aromatic carbocycles. The third-order valence-electron chi connectivity index (χ3n) is 6.16. The van der Waals surface area contributed by atoms with E-state index in [1.165, 1.54) is 10.4 Å². The number of aromatic nitrogens is 1. The van der Waals surface area contributed by atoms with Gasteiger partial charge in [0.15, 0.2) is 0 Å². The Kier molecular flexibility index (Phi) is 5.24. The van der Waals surface area contributed by atoms with Gasteiger partial charge in [0.2, 0.25) is 0 Å². The Labute approximate surface area is 191 Å². The van der Waals surface area contributed by atoms with E-state index in [0.29, 0.717) is 22.0 Å². The van der Waals surface area contributed by atoms with E-state index < -0.39 is 0 Å². The van der Waals surface area contributed by atoms with Gasteiger partial charge in [-0.05, 0) is 49.8 Å². The number of para-hydroxylation sites is 1. The van der Waals surface area contributed by atoms with E-state index in [1.54, 1.807) is 11.3 Å². The first-order valence-corrected chi connectivity index (χ1v) is 11.7. The van der Waals surface area contributed by atoms with Crippen molar-refractivity contribution < 1.29 is 4.79 Å². The third-order valence-corrected chi connectivity index (χ3v) is 7.33. The first kappa shape index (κ1) is 20.4. The number of amides is 1. The van der Waals surface area contributed by atoms with E-state index in [9.17, 15) is 10.1 Å². The molecule has 5 heteroatoms. The maximum Gasteiger partial charge on any atom is 0.257 e. The largest absolute Gasteiger partial charge is 0.312 e. The van der Waals surface area contributed by atoms with Crippen molar-refractivity contribution in [2.24, 2.45) is 5.92 Å². The van der Waals surface area contributed by atoms with Gasteiger partial charge in [-0.15, -0.1) is 11.3 Å². The van der Waals surface area contributed by atoms with Crippen LogP contribution in [0.25, 0.3) is 22.2 Å². The summed E-state index contributed by atoms with van der Waals surface area (Å²) in [4.78, 5) is 19.5. The number of pyridine rings is 1. The molecule has 158 valence electrons. The average molecular weight is 438 g/mol. The Morgan fingerprint density at radius 2 is 1.97 bits per heavy atom. The Morgan fingerprint density at radius 3 is 2.75 bits per heavy atom. The Hall–Kier alpha value is -3.49. The zero-order valence-electron chi connectivity index (χ0n) is 18.1. The molecule has 0 aliphatic heterocycles. The highest BCUT2D eigenvalue weighted by Crippen LogP contribution is 2.39. The van der Waals surface area contributed by atoms with Crippen molar-refractivity contribution in [1.82, 2.24) is 4.98 Å². The van der Waals surface area contributed by atoms with Crippen molar-refractivity contribution in [3.05, 3.63) is 81.7 Å². The molecule has 0 bridgehead atoms. The highest BCUT2D eigenvalue weighted by Gasteiger charge is 2.25. The predicted molar refractivity (Wildman–Crippen MR) is 130 cm³/mol. The quantitative estimate of drug-likeness (QED) is 0.397. The monoisotopic (exact) mass is 437 g/mol. The summed E-state index contributed by atoms with van der Waals surface area (Å²) in [5, 5.41) is 14.3. The molecule has 1 aliphatic carbocycles. The third kappa shape index (κ3) is 3.68. The number of benzene rings is 2. The van der Waals surface area contributed by atoms with Gasteiger partial charge in [0, 0.05) is 15.8 Å². The van der Waals surface area contributed by atoms with Crippen LogP contribution in [0, 0.1) is 24.2 Å². The summed E-state index contributed by atoms with van der Waals surface area (Å²) in [5.41, 5.74) is 5.98. The topological polar surface area (TPSA) is 65.8 Å². The zero-order valence-corrected chi connectivity index (χ0v) is 18.9. The van der Waals surface area contributed by atoms with Gasteiger partial charge in [-0.1, -0.05) is 55.0 Å². The van der Waals surface area contributed by atoms with Gasteiger partial charge in [0.25, 0.3) is 5.91 Å². The van der Waals surface area contributed by atoms with E-state index in [2.05, 4.69) is 18.3 Å². The molecular formula is C27H23N3OS. The summed E-state index contributed by atoms with van der Waals surface area (Å²) in [5.74, 6) is 0.401. The maximum absolute atomic E-state index is 13.5. The minimum absolute atomic E-state index is 0.208. The second kappa shape index (κ2) is 8.22. The average Bonchev–Trinajstić information content (AvgIpc) is 3.14. The fourth-order valence-corrected chi connectivity index (χ4v) is 5.72. The Morgan fingerprint density at radius 1 is 1.19 bits per heavy atom. The fourth-order valence-electron chi connectivity index (χ4n) is 4.36. The van der Waals surface area contributed by atoms with Crippen LogP contribution in [0.2, 0.25) is 0 Å². The number of thiophene rings is 1. The summed E-state index contributed by atoms with van der Waals surface area (Å²) in [6.07, 6.45) is 2.96. The summed E-state index contributed by atoms with van der Waals surface area (Å²) in [6.45, 7) is 4.29. The van der Waals surface area contributed by atoms with Crippen LogP contribution in [0.5, 0.6) is 0 Å². The number of nitriles is 1. The lowest BCUT2D eigenvalue weighted by molar-refractivity contribution is 0.102. The molecule has 1 unspecified atom stereocenters. The summed E-state index contributed by atoms with van der Waals surface area (Å²) in [7, 11) is 0. The van der Waals surface area contributed by atoms with Crippen LogP contribution in [0.1, 0.15) is 45.3 Å². The Bertz CT molecular complexity index is 1380. The molecule has 4 aromatic rings. The number of nitrogens with zero attached hydrogens (tertiary/aromatic N) is 2. The van der Waals surface area contributed by atoms with Gasteiger partial charge < -0.3 is 5.32 Å². The van der Waals surface area contributed by atoms with E-state index in [4.69, 9.17) is 4.98 Å². The van der Waals surface area contributed by atoms with Gasteiger partial charge >= 0.3 is 0 Å². The molecule has 32 heavy (non-hydrogen) atoms. The molecule has 0 saturated heterocycles. The highest BCUT2D eigenvalue weighted by molar-refractivity contribution is 7.16. The van der Waals surface area contributed by atoms with Gasteiger partial charge in [-0.25, -0.2) is 4.98 Å². The molecule has 1 amide bonds. The first-order chi connectivity index (χ1) is 15.5. The SMILES string of the molecule is Cc1ccc(-c2cc(C(=O)Nc3sc4c(c3C#N)CCC(C)C4)c3ccccc3n2)cc1. The van der Waals surface area contributed by atoms with Crippen molar-refractivity contribution in [2.75, 3.05) is 5.32 Å². The normalized spacial score (nSPS) is 15.2. The van der Waals surface area contributed by atoms with Crippen molar-refractivity contribution in [2.45, 2.75) is 33.1 Å². The number of fused-ring (bicyclic) bond motifs is 2. The number of aryl methyl sites for hydroxylation is 1. The minimum Gasteiger partial charge on any atom is -0.312 e. The molecule has 1 atom stereocenters. The molecule has 1 aliphatic rings. The number of carbonyl (C=O) groups is 1. The standard InChI is InChI=1S/C27H23N3OS/c1-16-7-10-18(11-8-16)24-14-21(19-5-3-4-6-23(19)29-24)26(31)30-27-22(15-28)20-12-9-17(2)13-25(20)32-27/h3-8,10-11,14,17H,9,12-13H2,1-2H3,(H,30,31). The Balaban J connectivity index is 1.57.